The van der Waals surface area contributed by atoms with Crippen molar-refractivity contribution in [2.24, 2.45) is 0 Å². The number of aromatic nitrogens is 3. The van der Waals surface area contributed by atoms with Crippen molar-refractivity contribution in [1.29, 1.82) is 0 Å². The zero-order chi connectivity index (χ0) is 50.0. The van der Waals surface area contributed by atoms with Crippen molar-refractivity contribution in [1.82, 2.24) is 13.7 Å². The van der Waals surface area contributed by atoms with E-state index in [1.807, 2.05) is 6.08 Å². The van der Waals surface area contributed by atoms with Crippen LogP contribution in [0.15, 0.2) is 261 Å². The summed E-state index contributed by atoms with van der Waals surface area (Å²) in [5.74, 6) is 4.03. The second-order valence-corrected chi connectivity index (χ2v) is 22.9. The van der Waals surface area contributed by atoms with Crippen LogP contribution < -0.4 is 15.6 Å². The minimum Gasteiger partial charge on any atom is -0.309 e. The van der Waals surface area contributed by atoms with E-state index in [1.54, 1.807) is 0 Å². The molecular formula is C71H49N3Si. The van der Waals surface area contributed by atoms with Crippen LogP contribution in [-0.4, -0.2) is 21.8 Å². The van der Waals surface area contributed by atoms with Crippen molar-refractivity contribution in [2.75, 3.05) is 0 Å². The van der Waals surface area contributed by atoms with E-state index < -0.39 is 8.07 Å². The summed E-state index contributed by atoms with van der Waals surface area (Å²) in [7, 11) is -2.94. The Morgan fingerprint density at radius 2 is 0.760 bits per heavy atom. The number of hydrogen-bond donors (Lipinski definition) is 0. The molecule has 0 saturated heterocycles. The lowest BCUT2D eigenvalue weighted by molar-refractivity contribution is 1.10. The lowest BCUT2D eigenvalue weighted by Gasteiger charge is -2.28. The fourth-order valence-corrected chi connectivity index (χ4v) is 16.1. The van der Waals surface area contributed by atoms with Crippen LogP contribution in [0.25, 0.3) is 105 Å². The van der Waals surface area contributed by atoms with Crippen molar-refractivity contribution >= 4 is 112 Å². The second kappa shape index (κ2) is 17.8. The molecule has 0 aliphatic rings. The second-order valence-electron chi connectivity index (χ2n) is 19.4. The summed E-state index contributed by atoms with van der Waals surface area (Å²) in [5, 5.41) is 14.3. The fraction of sp³-hybridized carbons (Fsp3) is 0.0141. The molecule has 3 aromatic heterocycles. The molecule has 0 N–H and O–H groups in total. The molecule has 0 amide bonds. The highest BCUT2D eigenvalue weighted by atomic mass is 28.3. The van der Waals surface area contributed by atoms with Crippen molar-refractivity contribution in [3.05, 3.63) is 278 Å². The summed E-state index contributed by atoms with van der Waals surface area (Å²) >= 11 is 0. The molecular weight excluding hydrogens is 923 g/mol. The highest BCUT2D eigenvalue weighted by molar-refractivity contribution is 7.16. The van der Waals surface area contributed by atoms with Crippen LogP contribution in [0.1, 0.15) is 23.7 Å². The molecule has 0 saturated carbocycles. The van der Waals surface area contributed by atoms with Gasteiger partial charge in [-0.05, 0) is 71.0 Å². The topological polar surface area (TPSA) is 14.8 Å². The van der Waals surface area contributed by atoms with Gasteiger partial charge in [-0.2, -0.15) is 0 Å². The molecule has 0 radical (unpaired) electrons. The number of rotatable bonds is 8. The first-order valence-electron chi connectivity index (χ1n) is 25.8. The zero-order valence-corrected chi connectivity index (χ0v) is 42.5. The van der Waals surface area contributed by atoms with E-state index in [9.17, 15) is 0 Å². The highest BCUT2D eigenvalue weighted by Crippen LogP contribution is 2.43. The monoisotopic (exact) mass is 971 g/mol. The van der Waals surface area contributed by atoms with E-state index in [-0.39, 0.29) is 0 Å². The molecule has 0 fully saturated rings. The molecule has 0 aliphatic heterocycles. The average Bonchev–Trinajstić information content (AvgIpc) is 4.10. The number of para-hydroxylation sites is 3. The number of allylic oxidation sites excluding steroid dienone is 1. The van der Waals surface area contributed by atoms with Crippen LogP contribution in [0.2, 0.25) is 0 Å². The molecule has 3 heterocycles. The smallest absolute Gasteiger partial charge is 0.230 e. The molecule has 4 heteroatoms. The molecule has 0 bridgehead atoms. The normalized spacial score (nSPS) is 12.0. The Kier molecular flexibility index (Phi) is 10.5. The Morgan fingerprint density at radius 1 is 0.373 bits per heavy atom. The van der Waals surface area contributed by atoms with E-state index in [0.29, 0.717) is 0 Å². The summed E-state index contributed by atoms with van der Waals surface area (Å²) in [6.07, 6.45) is 6.32. The van der Waals surface area contributed by atoms with Gasteiger partial charge in [0.1, 0.15) is 0 Å². The van der Waals surface area contributed by atoms with Crippen molar-refractivity contribution in [2.45, 2.75) is 6.92 Å². The maximum Gasteiger partial charge on any atom is 0.230 e. The van der Waals surface area contributed by atoms with Gasteiger partial charge in [-0.15, -0.1) is 5.54 Å². The van der Waals surface area contributed by atoms with Gasteiger partial charge >= 0.3 is 0 Å². The number of benzene rings is 11. The summed E-state index contributed by atoms with van der Waals surface area (Å²) in [4.78, 5) is 0. The predicted octanol–water partition coefficient (Wildman–Crippen LogP) is 15.9. The van der Waals surface area contributed by atoms with Gasteiger partial charge < -0.3 is 13.7 Å². The summed E-state index contributed by atoms with van der Waals surface area (Å²) < 4.78 is 7.36. The highest BCUT2D eigenvalue weighted by Gasteiger charge is 2.38. The maximum absolute atomic E-state index is 4.38. The Labute approximate surface area is 436 Å². The quantitative estimate of drug-likeness (QED) is 0.0624. The molecule has 0 unspecified atom stereocenters. The van der Waals surface area contributed by atoms with E-state index in [4.69, 9.17) is 0 Å². The molecule has 14 rings (SSSR count). The van der Waals surface area contributed by atoms with Crippen LogP contribution in [0, 0.1) is 11.5 Å². The number of nitrogens with zero attached hydrogens (tertiary/aromatic N) is 3. The molecule has 11 aromatic carbocycles. The third-order valence-electron chi connectivity index (χ3n) is 15.4. The van der Waals surface area contributed by atoms with Crippen LogP contribution in [0.4, 0.5) is 0 Å². The van der Waals surface area contributed by atoms with Gasteiger partial charge in [0.05, 0.1) is 39.0 Å². The first-order chi connectivity index (χ1) is 37.2. The average molecular weight is 972 g/mol. The Bertz CT molecular complexity index is 4470. The molecule has 14 aromatic rings. The third kappa shape index (κ3) is 6.76. The minimum atomic E-state index is -2.94. The summed E-state index contributed by atoms with van der Waals surface area (Å²) in [6.45, 7) is 6.46. The first-order valence-corrected chi connectivity index (χ1v) is 27.8. The maximum atomic E-state index is 4.38. The van der Waals surface area contributed by atoms with Gasteiger partial charge in [0, 0.05) is 71.0 Å². The minimum absolute atomic E-state index is 1.03. The van der Waals surface area contributed by atoms with Gasteiger partial charge in [-0.1, -0.05) is 231 Å². The SMILES string of the molecule is C=Cc1c(/C=C\C)c2ccccc2n1-c1ccc2c3ccc(-n4c5ccccc5c5ccccc54)cc3n(-c3c4ccccc4c(C#C[Si](c4ccccc4)(c4ccccc4)c4ccccc4)c4ccccc34)c2c1. The lowest BCUT2D eigenvalue weighted by atomic mass is 9.94. The zero-order valence-electron chi connectivity index (χ0n) is 41.5. The van der Waals surface area contributed by atoms with Gasteiger partial charge in [0.15, 0.2) is 0 Å². The first kappa shape index (κ1) is 44.1. The molecule has 3 nitrogen and oxygen atoms in total. The van der Waals surface area contributed by atoms with Gasteiger partial charge in [0.2, 0.25) is 8.07 Å². The molecule has 75 heavy (non-hydrogen) atoms. The number of fused-ring (bicyclic) bond motifs is 9. The van der Waals surface area contributed by atoms with Crippen LogP contribution in [-0.2, 0) is 0 Å². The van der Waals surface area contributed by atoms with E-state index in [0.717, 1.165) is 72.0 Å². The molecule has 0 atom stereocenters. The summed E-state index contributed by atoms with van der Waals surface area (Å²) in [6, 6.07) is 91.1. The van der Waals surface area contributed by atoms with Gasteiger partial charge in [-0.25, -0.2) is 0 Å². The Morgan fingerprint density at radius 3 is 1.23 bits per heavy atom. The van der Waals surface area contributed by atoms with Gasteiger partial charge in [-0.3, -0.25) is 0 Å². The fourth-order valence-electron chi connectivity index (χ4n) is 12.2. The van der Waals surface area contributed by atoms with Crippen LogP contribution in [0.3, 0.4) is 0 Å². The summed E-state index contributed by atoms with van der Waals surface area (Å²) in [5.41, 5.74) is 16.4. The third-order valence-corrected chi connectivity index (χ3v) is 19.5. The van der Waals surface area contributed by atoms with Crippen molar-refractivity contribution < 1.29 is 0 Å². The standard InChI is InChI=1S/C71H49N3Si/c1-3-24-57-58-33-18-21-38-66(58)72(65(57)4-2)49-41-43-61-62-44-42-50(73-67-39-22-19-34-59(67)60-35-20-23-40-68(60)73)48-70(62)74(69(61)47-49)71-63-36-16-14-31-54(63)56(55-32-15-17-37-64(55)71)45-46-75(51-25-8-5-9-26-51,52-27-10-6-11-28-52)53-29-12-7-13-30-53/h3-44,47-48H,2H2,1H3/b24-3-. The predicted molar refractivity (Wildman–Crippen MR) is 323 cm³/mol. The largest absolute Gasteiger partial charge is 0.309 e. The Hall–Kier alpha value is -9.66. The van der Waals surface area contributed by atoms with E-state index in [1.165, 1.54) is 53.5 Å². The van der Waals surface area contributed by atoms with Crippen molar-refractivity contribution in [3.8, 4) is 28.5 Å². The Balaban J connectivity index is 1.10. The number of hydrogen-bond acceptors (Lipinski definition) is 0. The van der Waals surface area contributed by atoms with Gasteiger partial charge in [0.25, 0.3) is 0 Å². The molecule has 0 aliphatic carbocycles. The van der Waals surface area contributed by atoms with E-state index in [2.05, 4.69) is 300 Å². The molecule has 352 valence electrons. The lowest BCUT2D eigenvalue weighted by Crippen LogP contribution is -2.66. The van der Waals surface area contributed by atoms with E-state index >= 15 is 0 Å². The molecule has 0 spiro atoms. The van der Waals surface area contributed by atoms with Crippen LogP contribution >= 0.6 is 0 Å². The van der Waals surface area contributed by atoms with Crippen LogP contribution in [0.5, 0.6) is 0 Å². The van der Waals surface area contributed by atoms with Crippen molar-refractivity contribution in [3.63, 3.8) is 0 Å².